The minimum Gasteiger partial charge on any atom is -0.486 e. The molecule has 0 spiro atoms. The van der Waals surface area contributed by atoms with E-state index in [1.807, 2.05) is 6.07 Å². The lowest BCUT2D eigenvalue weighted by molar-refractivity contribution is 0.171. The molecule has 4 rings (SSSR count). The maximum atomic E-state index is 5.67. The lowest BCUT2D eigenvalue weighted by atomic mass is 9.94. The van der Waals surface area contributed by atoms with Crippen molar-refractivity contribution in [3.63, 3.8) is 0 Å². The fraction of sp³-hybridized carbons (Fsp3) is 0.333. The molecule has 0 bridgehead atoms. The van der Waals surface area contributed by atoms with Crippen LogP contribution < -0.4 is 14.8 Å². The van der Waals surface area contributed by atoms with Crippen LogP contribution in [-0.2, 0) is 6.42 Å². The van der Waals surface area contributed by atoms with Gasteiger partial charge in [0.05, 0.1) is 0 Å². The lowest BCUT2D eigenvalue weighted by Crippen LogP contribution is -2.21. The van der Waals surface area contributed by atoms with Crippen molar-refractivity contribution >= 4 is 5.69 Å². The Bertz CT molecular complexity index is 681. The summed E-state index contributed by atoms with van der Waals surface area (Å²) in [5.74, 6) is 1.70. The van der Waals surface area contributed by atoms with Crippen LogP contribution in [0.25, 0.3) is 11.1 Å². The zero-order valence-electron chi connectivity index (χ0n) is 12.2. The van der Waals surface area contributed by atoms with Gasteiger partial charge in [-0.25, -0.2) is 0 Å². The highest BCUT2D eigenvalue weighted by atomic mass is 16.6. The van der Waals surface area contributed by atoms with Crippen LogP contribution in [0.2, 0.25) is 0 Å². The number of hydrogen-bond acceptors (Lipinski definition) is 3. The molecule has 0 saturated carbocycles. The minimum atomic E-state index is 0.567. The van der Waals surface area contributed by atoms with E-state index in [4.69, 9.17) is 9.47 Å². The second kappa shape index (κ2) is 4.99. The molecule has 21 heavy (non-hydrogen) atoms. The average molecular weight is 281 g/mol. The van der Waals surface area contributed by atoms with Gasteiger partial charge in [-0.15, -0.1) is 0 Å². The van der Waals surface area contributed by atoms with Gasteiger partial charge >= 0.3 is 0 Å². The topological polar surface area (TPSA) is 30.5 Å². The number of ether oxygens (including phenoxy) is 2. The average Bonchev–Trinajstić information content (AvgIpc) is 2.54. The summed E-state index contributed by atoms with van der Waals surface area (Å²) in [5.41, 5.74) is 5.10. The van der Waals surface area contributed by atoms with Crippen LogP contribution in [0.1, 0.15) is 18.9 Å². The number of aryl methyl sites for hydroxylation is 1. The molecule has 0 radical (unpaired) electrons. The van der Waals surface area contributed by atoms with E-state index >= 15 is 0 Å². The summed E-state index contributed by atoms with van der Waals surface area (Å²) in [4.78, 5) is 0. The summed E-state index contributed by atoms with van der Waals surface area (Å²) in [6.45, 7) is 3.50. The van der Waals surface area contributed by atoms with Crippen molar-refractivity contribution in [2.75, 3.05) is 18.5 Å². The fourth-order valence-corrected chi connectivity index (χ4v) is 3.05. The third-order valence-electron chi connectivity index (χ3n) is 4.23. The van der Waals surface area contributed by atoms with Gasteiger partial charge in [-0.1, -0.05) is 12.1 Å². The van der Waals surface area contributed by atoms with Gasteiger partial charge < -0.3 is 14.8 Å². The van der Waals surface area contributed by atoms with E-state index in [0.717, 1.165) is 17.9 Å². The zero-order chi connectivity index (χ0) is 14.2. The summed E-state index contributed by atoms with van der Waals surface area (Å²) >= 11 is 0. The minimum absolute atomic E-state index is 0.567. The van der Waals surface area contributed by atoms with E-state index in [1.54, 1.807) is 0 Å². The SMILES string of the molecule is CC1CCc2cc(-c3ccc4c(c3)OCCO4)ccc2N1. The van der Waals surface area contributed by atoms with E-state index in [9.17, 15) is 0 Å². The molecule has 1 N–H and O–H groups in total. The van der Waals surface area contributed by atoms with Crippen molar-refractivity contribution < 1.29 is 9.47 Å². The molecule has 108 valence electrons. The van der Waals surface area contributed by atoms with Crippen LogP contribution in [0.3, 0.4) is 0 Å². The zero-order valence-corrected chi connectivity index (χ0v) is 12.2. The Hall–Kier alpha value is -2.16. The van der Waals surface area contributed by atoms with Crippen molar-refractivity contribution in [3.8, 4) is 22.6 Å². The molecule has 2 aliphatic heterocycles. The van der Waals surface area contributed by atoms with Gasteiger partial charge in [0, 0.05) is 11.7 Å². The van der Waals surface area contributed by atoms with E-state index in [-0.39, 0.29) is 0 Å². The molecule has 1 atom stereocenters. The molecule has 1 unspecified atom stereocenters. The Morgan fingerprint density at radius 3 is 2.62 bits per heavy atom. The van der Waals surface area contributed by atoms with Crippen LogP contribution in [-0.4, -0.2) is 19.3 Å². The number of nitrogens with one attached hydrogen (secondary N) is 1. The van der Waals surface area contributed by atoms with Crippen LogP contribution >= 0.6 is 0 Å². The van der Waals surface area contributed by atoms with Gasteiger partial charge in [-0.2, -0.15) is 0 Å². The molecule has 2 aromatic rings. The largest absolute Gasteiger partial charge is 0.486 e. The Morgan fingerprint density at radius 1 is 0.952 bits per heavy atom. The first-order chi connectivity index (χ1) is 10.3. The molecule has 3 heteroatoms. The van der Waals surface area contributed by atoms with Crippen LogP contribution in [0.15, 0.2) is 36.4 Å². The van der Waals surface area contributed by atoms with Crippen LogP contribution in [0.5, 0.6) is 11.5 Å². The predicted octanol–water partition coefficient (Wildman–Crippen LogP) is 3.87. The van der Waals surface area contributed by atoms with Crippen LogP contribution in [0.4, 0.5) is 5.69 Å². The second-order valence-corrected chi connectivity index (χ2v) is 5.81. The van der Waals surface area contributed by atoms with Crippen molar-refractivity contribution in [1.82, 2.24) is 0 Å². The number of benzene rings is 2. The number of fused-ring (bicyclic) bond motifs is 2. The Morgan fingerprint density at radius 2 is 1.71 bits per heavy atom. The number of anilines is 1. The molecular weight excluding hydrogens is 262 g/mol. The number of hydrogen-bond donors (Lipinski definition) is 1. The van der Waals surface area contributed by atoms with E-state index < -0.39 is 0 Å². The third kappa shape index (κ3) is 2.33. The second-order valence-electron chi connectivity index (χ2n) is 5.81. The fourth-order valence-electron chi connectivity index (χ4n) is 3.05. The maximum absolute atomic E-state index is 5.67. The highest BCUT2D eigenvalue weighted by Gasteiger charge is 2.16. The molecule has 0 aromatic heterocycles. The summed E-state index contributed by atoms with van der Waals surface area (Å²) in [6.07, 6.45) is 2.33. The molecule has 0 amide bonds. The van der Waals surface area contributed by atoms with E-state index in [1.165, 1.54) is 28.8 Å². The van der Waals surface area contributed by atoms with Gasteiger partial charge in [0.15, 0.2) is 11.5 Å². The normalized spacial score (nSPS) is 19.6. The summed E-state index contributed by atoms with van der Waals surface area (Å²) in [6, 6.07) is 13.4. The lowest BCUT2D eigenvalue weighted by Gasteiger charge is -2.25. The van der Waals surface area contributed by atoms with Gasteiger partial charge in [0.25, 0.3) is 0 Å². The summed E-state index contributed by atoms with van der Waals surface area (Å²) < 4.78 is 11.3. The molecule has 2 aromatic carbocycles. The summed E-state index contributed by atoms with van der Waals surface area (Å²) in [7, 11) is 0. The highest BCUT2D eigenvalue weighted by molar-refractivity contribution is 5.71. The molecule has 2 aliphatic rings. The van der Waals surface area contributed by atoms with E-state index in [0.29, 0.717) is 19.3 Å². The Labute approximate surface area is 124 Å². The first-order valence-corrected chi connectivity index (χ1v) is 7.59. The van der Waals surface area contributed by atoms with Crippen molar-refractivity contribution in [2.24, 2.45) is 0 Å². The Balaban J connectivity index is 1.70. The summed E-state index contributed by atoms with van der Waals surface area (Å²) in [5, 5.41) is 3.54. The quantitative estimate of drug-likeness (QED) is 0.860. The van der Waals surface area contributed by atoms with Crippen molar-refractivity contribution in [2.45, 2.75) is 25.8 Å². The molecular formula is C18H19NO2. The van der Waals surface area contributed by atoms with Crippen molar-refractivity contribution in [1.29, 1.82) is 0 Å². The predicted molar refractivity (Wildman–Crippen MR) is 84.3 cm³/mol. The first kappa shape index (κ1) is 12.6. The van der Waals surface area contributed by atoms with Gasteiger partial charge in [0.2, 0.25) is 0 Å². The number of rotatable bonds is 1. The van der Waals surface area contributed by atoms with Crippen molar-refractivity contribution in [3.05, 3.63) is 42.0 Å². The standard InChI is InChI=1S/C18H19NO2/c1-12-2-3-15-10-13(4-6-16(15)19-12)14-5-7-17-18(11-14)21-9-8-20-17/h4-7,10-12,19H,2-3,8-9H2,1H3. The highest BCUT2D eigenvalue weighted by Crippen LogP contribution is 2.36. The van der Waals surface area contributed by atoms with Gasteiger partial charge in [0.1, 0.15) is 13.2 Å². The van der Waals surface area contributed by atoms with E-state index in [2.05, 4.69) is 42.6 Å². The maximum Gasteiger partial charge on any atom is 0.161 e. The monoisotopic (exact) mass is 281 g/mol. The van der Waals surface area contributed by atoms with Crippen LogP contribution in [0, 0.1) is 0 Å². The third-order valence-corrected chi connectivity index (χ3v) is 4.23. The molecule has 0 aliphatic carbocycles. The Kier molecular flexibility index (Phi) is 2.99. The molecule has 2 heterocycles. The van der Waals surface area contributed by atoms with Gasteiger partial charge in [-0.3, -0.25) is 0 Å². The first-order valence-electron chi connectivity index (χ1n) is 7.59. The van der Waals surface area contributed by atoms with Gasteiger partial charge in [-0.05, 0) is 60.7 Å². The molecule has 0 fully saturated rings. The smallest absolute Gasteiger partial charge is 0.161 e. The molecule has 3 nitrogen and oxygen atoms in total. The molecule has 0 saturated heterocycles.